The van der Waals surface area contributed by atoms with Crippen LogP contribution in [0.2, 0.25) is 5.02 Å². The molecule has 4 nitrogen and oxygen atoms in total. The number of pyridine rings is 1. The Kier molecular flexibility index (Phi) is 4.49. The van der Waals surface area contributed by atoms with Crippen LogP contribution >= 0.6 is 11.6 Å². The molecule has 1 unspecified atom stereocenters. The van der Waals surface area contributed by atoms with Crippen LogP contribution in [0, 0.1) is 5.41 Å². The van der Waals surface area contributed by atoms with Gasteiger partial charge in [-0.2, -0.15) is 0 Å². The Morgan fingerprint density at radius 2 is 2.10 bits per heavy atom. The van der Waals surface area contributed by atoms with Gasteiger partial charge in [-0.1, -0.05) is 32.4 Å². The molecule has 0 spiro atoms. The second-order valence-corrected chi connectivity index (χ2v) is 6.63. The number of fused-ring (bicyclic) bond motifs is 1. The number of hydrogen-bond acceptors (Lipinski definition) is 3. The van der Waals surface area contributed by atoms with Crippen LogP contribution in [0.4, 0.5) is 5.69 Å². The third-order valence-corrected chi connectivity index (χ3v) is 3.82. The summed E-state index contributed by atoms with van der Waals surface area (Å²) in [6, 6.07) is 7.01. The fourth-order valence-corrected chi connectivity index (χ4v) is 2.17. The normalized spacial score (nSPS) is 13.2. The molecule has 112 valence electrons. The predicted molar refractivity (Wildman–Crippen MR) is 87.4 cm³/mol. The lowest BCUT2D eigenvalue weighted by Gasteiger charge is -2.26. The number of halogens is 1. The van der Waals surface area contributed by atoms with E-state index in [-0.39, 0.29) is 23.8 Å². The molecule has 1 aromatic heterocycles. The van der Waals surface area contributed by atoms with Crippen LogP contribution in [0.15, 0.2) is 30.5 Å². The molecule has 0 aliphatic heterocycles. The second kappa shape index (κ2) is 6.00. The Morgan fingerprint density at radius 3 is 2.76 bits per heavy atom. The van der Waals surface area contributed by atoms with E-state index < -0.39 is 0 Å². The number of carbonyl (C=O) groups is 1. The molecule has 0 radical (unpaired) electrons. The number of amides is 1. The number of nitrogens with two attached hydrogens (primary N) is 1. The van der Waals surface area contributed by atoms with Crippen LogP contribution < -0.4 is 11.1 Å². The minimum Gasteiger partial charge on any atom is -0.327 e. The molecule has 5 heteroatoms. The van der Waals surface area contributed by atoms with Gasteiger partial charge in [0.25, 0.3) is 0 Å². The number of hydrogen-bond donors (Lipinski definition) is 2. The zero-order chi connectivity index (χ0) is 15.6. The van der Waals surface area contributed by atoms with Crippen molar-refractivity contribution in [3.63, 3.8) is 0 Å². The second-order valence-electron chi connectivity index (χ2n) is 6.22. The summed E-state index contributed by atoms with van der Waals surface area (Å²) in [6.45, 7) is 6.06. The fraction of sp³-hybridized carbons (Fsp3) is 0.375. The van der Waals surface area contributed by atoms with Gasteiger partial charge in [-0.25, -0.2) is 0 Å². The maximum absolute atomic E-state index is 12.2. The number of benzene rings is 1. The SMILES string of the molecule is CC(C)(C)C(N)CC(=O)Nc1ccc(Cl)c2ncccc12. The van der Waals surface area contributed by atoms with Crippen molar-refractivity contribution in [1.29, 1.82) is 0 Å². The number of aromatic nitrogens is 1. The number of carbonyl (C=O) groups excluding carboxylic acids is 1. The Bertz CT molecular complexity index is 664. The zero-order valence-electron chi connectivity index (χ0n) is 12.5. The van der Waals surface area contributed by atoms with Gasteiger partial charge in [-0.3, -0.25) is 9.78 Å². The highest BCUT2D eigenvalue weighted by molar-refractivity contribution is 6.35. The number of nitrogens with zero attached hydrogens (tertiary/aromatic N) is 1. The van der Waals surface area contributed by atoms with E-state index in [1.165, 1.54) is 0 Å². The lowest BCUT2D eigenvalue weighted by molar-refractivity contribution is -0.117. The van der Waals surface area contributed by atoms with Gasteiger partial charge in [-0.05, 0) is 29.7 Å². The van der Waals surface area contributed by atoms with E-state index in [0.29, 0.717) is 16.2 Å². The van der Waals surface area contributed by atoms with Gasteiger partial charge in [-0.15, -0.1) is 0 Å². The van der Waals surface area contributed by atoms with E-state index >= 15 is 0 Å². The Balaban J connectivity index is 2.21. The third-order valence-electron chi connectivity index (χ3n) is 3.51. The van der Waals surface area contributed by atoms with E-state index in [0.717, 1.165) is 5.39 Å². The lowest BCUT2D eigenvalue weighted by atomic mass is 9.85. The first-order valence-corrected chi connectivity index (χ1v) is 7.25. The van der Waals surface area contributed by atoms with Crippen molar-refractivity contribution in [2.75, 3.05) is 5.32 Å². The van der Waals surface area contributed by atoms with E-state index in [9.17, 15) is 4.79 Å². The summed E-state index contributed by atoms with van der Waals surface area (Å²) >= 11 is 6.11. The van der Waals surface area contributed by atoms with Crippen molar-refractivity contribution < 1.29 is 4.79 Å². The van der Waals surface area contributed by atoms with Gasteiger partial charge in [0.05, 0.1) is 16.2 Å². The first kappa shape index (κ1) is 15.7. The first-order chi connectivity index (χ1) is 9.79. The van der Waals surface area contributed by atoms with Gasteiger partial charge in [0.2, 0.25) is 5.91 Å². The molecule has 2 rings (SSSR count). The highest BCUT2D eigenvalue weighted by atomic mass is 35.5. The van der Waals surface area contributed by atoms with Gasteiger partial charge in [0, 0.05) is 24.0 Å². The minimum atomic E-state index is -0.200. The number of anilines is 1. The Morgan fingerprint density at radius 1 is 1.38 bits per heavy atom. The maximum atomic E-state index is 12.2. The molecule has 0 aliphatic rings. The summed E-state index contributed by atoms with van der Waals surface area (Å²) in [5, 5.41) is 4.28. The molecule has 1 atom stereocenters. The molecule has 0 saturated heterocycles. The van der Waals surface area contributed by atoms with Crippen molar-refractivity contribution in [3.05, 3.63) is 35.5 Å². The average Bonchev–Trinajstić information content (AvgIpc) is 2.41. The molecule has 0 aliphatic carbocycles. The molecular weight excluding hydrogens is 286 g/mol. The summed E-state index contributed by atoms with van der Waals surface area (Å²) in [5.41, 5.74) is 7.32. The highest BCUT2D eigenvalue weighted by Crippen LogP contribution is 2.28. The van der Waals surface area contributed by atoms with E-state index in [1.54, 1.807) is 18.3 Å². The molecule has 0 fully saturated rings. The van der Waals surface area contributed by atoms with Crippen molar-refractivity contribution in [1.82, 2.24) is 4.98 Å². The van der Waals surface area contributed by atoms with Gasteiger partial charge in [0.15, 0.2) is 0 Å². The highest BCUT2D eigenvalue weighted by Gasteiger charge is 2.23. The third kappa shape index (κ3) is 3.71. The zero-order valence-corrected chi connectivity index (χ0v) is 13.2. The molecule has 1 aromatic carbocycles. The van der Waals surface area contributed by atoms with Crippen molar-refractivity contribution in [2.24, 2.45) is 11.1 Å². The Hall–Kier alpha value is -1.65. The summed E-state index contributed by atoms with van der Waals surface area (Å²) in [4.78, 5) is 16.4. The van der Waals surface area contributed by atoms with E-state index in [1.807, 2.05) is 32.9 Å². The minimum absolute atomic E-state index is 0.107. The van der Waals surface area contributed by atoms with Crippen LogP contribution in [0.3, 0.4) is 0 Å². The van der Waals surface area contributed by atoms with Crippen molar-refractivity contribution in [3.8, 4) is 0 Å². The summed E-state index contributed by atoms with van der Waals surface area (Å²) in [7, 11) is 0. The molecule has 1 amide bonds. The lowest BCUT2D eigenvalue weighted by Crippen LogP contribution is -2.38. The van der Waals surface area contributed by atoms with Crippen molar-refractivity contribution >= 4 is 34.1 Å². The molecule has 1 heterocycles. The van der Waals surface area contributed by atoms with E-state index in [4.69, 9.17) is 17.3 Å². The van der Waals surface area contributed by atoms with Crippen LogP contribution in [0.25, 0.3) is 10.9 Å². The monoisotopic (exact) mass is 305 g/mol. The molecule has 3 N–H and O–H groups in total. The number of rotatable bonds is 3. The first-order valence-electron chi connectivity index (χ1n) is 6.87. The van der Waals surface area contributed by atoms with Crippen molar-refractivity contribution in [2.45, 2.75) is 33.2 Å². The quantitative estimate of drug-likeness (QED) is 0.910. The van der Waals surface area contributed by atoms with E-state index in [2.05, 4.69) is 10.3 Å². The summed E-state index contributed by atoms with van der Waals surface area (Å²) in [5.74, 6) is -0.107. The van der Waals surface area contributed by atoms with Crippen LogP contribution in [0.1, 0.15) is 27.2 Å². The molecule has 0 saturated carbocycles. The maximum Gasteiger partial charge on any atom is 0.225 e. The smallest absolute Gasteiger partial charge is 0.225 e. The Labute approximate surface area is 129 Å². The van der Waals surface area contributed by atoms with Crippen LogP contribution in [0.5, 0.6) is 0 Å². The fourth-order valence-electron chi connectivity index (χ4n) is 1.95. The molecule has 21 heavy (non-hydrogen) atoms. The average molecular weight is 306 g/mol. The molecular formula is C16H20ClN3O. The van der Waals surface area contributed by atoms with Gasteiger partial charge in [0.1, 0.15) is 0 Å². The van der Waals surface area contributed by atoms with Crippen LogP contribution in [-0.2, 0) is 4.79 Å². The topological polar surface area (TPSA) is 68.0 Å². The molecule has 2 aromatic rings. The van der Waals surface area contributed by atoms with Gasteiger partial charge >= 0.3 is 0 Å². The van der Waals surface area contributed by atoms with Gasteiger partial charge < -0.3 is 11.1 Å². The predicted octanol–water partition coefficient (Wildman–Crippen LogP) is 3.59. The number of nitrogens with one attached hydrogen (secondary N) is 1. The van der Waals surface area contributed by atoms with Crippen LogP contribution in [-0.4, -0.2) is 16.9 Å². The largest absolute Gasteiger partial charge is 0.327 e. The summed E-state index contributed by atoms with van der Waals surface area (Å²) in [6.07, 6.45) is 1.95. The summed E-state index contributed by atoms with van der Waals surface area (Å²) < 4.78 is 0. The molecule has 0 bridgehead atoms. The standard InChI is InChI=1S/C16H20ClN3O/c1-16(2,3)13(18)9-14(21)20-12-7-6-11(17)15-10(12)5-4-8-19-15/h4-8,13H,9,18H2,1-3H3,(H,20,21).